The highest BCUT2D eigenvalue weighted by Crippen LogP contribution is 2.18. The highest BCUT2D eigenvalue weighted by atomic mass is 16.5. The lowest BCUT2D eigenvalue weighted by molar-refractivity contribution is 0.0945. The van der Waals surface area contributed by atoms with Gasteiger partial charge >= 0.3 is 0 Å². The zero-order valence-electron chi connectivity index (χ0n) is 15.4. The van der Waals surface area contributed by atoms with Crippen LogP contribution in [0.1, 0.15) is 28.9 Å². The van der Waals surface area contributed by atoms with Gasteiger partial charge in [0.15, 0.2) is 0 Å². The molecule has 2 aliphatic heterocycles. The first-order valence-corrected chi connectivity index (χ1v) is 9.56. The Bertz CT molecular complexity index is 785. The molecule has 7 heteroatoms. The maximum atomic E-state index is 12.5. The molecule has 3 heterocycles. The number of aromatic nitrogens is 2. The molecule has 4 rings (SSSR count). The number of carbonyl (C=O) groups is 1. The van der Waals surface area contributed by atoms with Crippen LogP contribution in [0, 0.1) is 0 Å². The third-order valence-corrected chi connectivity index (χ3v) is 5.02. The minimum atomic E-state index is -0.194. The first kappa shape index (κ1) is 17.7. The third-order valence-electron chi connectivity index (χ3n) is 5.02. The van der Waals surface area contributed by atoms with Crippen LogP contribution in [0.25, 0.3) is 0 Å². The van der Waals surface area contributed by atoms with Crippen molar-refractivity contribution in [1.29, 1.82) is 0 Å². The van der Waals surface area contributed by atoms with E-state index in [0.717, 1.165) is 63.6 Å². The van der Waals surface area contributed by atoms with E-state index in [9.17, 15) is 4.79 Å². The molecule has 1 N–H and O–H groups in total. The van der Waals surface area contributed by atoms with Crippen LogP contribution < -0.4 is 15.1 Å². The number of nitrogens with zero attached hydrogens (tertiary/aromatic N) is 4. The average Bonchev–Trinajstić information content (AvgIpc) is 3.28. The molecule has 2 saturated heterocycles. The number of hydrogen-bond acceptors (Lipinski definition) is 6. The molecule has 1 amide bonds. The van der Waals surface area contributed by atoms with Crippen LogP contribution in [0.2, 0.25) is 0 Å². The second-order valence-corrected chi connectivity index (χ2v) is 6.91. The number of carbonyl (C=O) groups excluding carboxylic acids is 1. The van der Waals surface area contributed by atoms with Crippen molar-refractivity contribution < 1.29 is 9.53 Å². The van der Waals surface area contributed by atoms with Gasteiger partial charge in [0.05, 0.1) is 25.6 Å². The van der Waals surface area contributed by atoms with E-state index < -0.39 is 0 Å². The number of rotatable bonds is 5. The normalized spacial score (nSPS) is 17.2. The van der Waals surface area contributed by atoms with Crippen molar-refractivity contribution >= 4 is 17.4 Å². The van der Waals surface area contributed by atoms with Gasteiger partial charge in [-0.2, -0.15) is 0 Å². The fourth-order valence-electron chi connectivity index (χ4n) is 3.52. The molecule has 2 aliphatic rings. The fourth-order valence-corrected chi connectivity index (χ4v) is 3.52. The van der Waals surface area contributed by atoms with E-state index in [-0.39, 0.29) is 5.91 Å². The van der Waals surface area contributed by atoms with Crippen molar-refractivity contribution in [1.82, 2.24) is 15.3 Å². The van der Waals surface area contributed by atoms with Gasteiger partial charge in [0, 0.05) is 38.4 Å². The zero-order valence-corrected chi connectivity index (χ0v) is 15.4. The Morgan fingerprint density at radius 1 is 1.07 bits per heavy atom. The second kappa shape index (κ2) is 8.35. The monoisotopic (exact) mass is 367 g/mol. The fraction of sp³-hybridized carbons (Fsp3) is 0.450. The van der Waals surface area contributed by atoms with Crippen LogP contribution in [0.4, 0.5) is 11.5 Å². The molecule has 142 valence electrons. The lowest BCUT2D eigenvalue weighted by Gasteiger charge is -2.29. The first-order chi connectivity index (χ1) is 13.3. The number of nitrogens with one attached hydrogen (secondary N) is 1. The Morgan fingerprint density at radius 3 is 2.70 bits per heavy atom. The van der Waals surface area contributed by atoms with Gasteiger partial charge in [-0.25, -0.2) is 4.98 Å². The van der Waals surface area contributed by atoms with E-state index in [4.69, 9.17) is 4.74 Å². The smallest absolute Gasteiger partial charge is 0.271 e. The Labute approximate surface area is 159 Å². The van der Waals surface area contributed by atoms with Crippen molar-refractivity contribution in [3.05, 3.63) is 47.9 Å². The van der Waals surface area contributed by atoms with Crippen molar-refractivity contribution in [3.8, 4) is 0 Å². The predicted octanol–water partition coefficient (Wildman–Crippen LogP) is 1.84. The lowest BCUT2D eigenvalue weighted by Crippen LogP contribution is -2.36. The maximum absolute atomic E-state index is 12.5. The summed E-state index contributed by atoms with van der Waals surface area (Å²) in [6, 6.07) is 8.27. The Morgan fingerprint density at radius 2 is 1.89 bits per heavy atom. The standard InChI is InChI=1S/C20H25N5O2/c26-20(18-14-21-15-19(23-18)25-6-1-2-7-25)22-13-16-4-3-5-17(12-16)24-8-10-27-11-9-24/h3-5,12,14-15H,1-2,6-11,13H2,(H,22,26). The second-order valence-electron chi connectivity index (χ2n) is 6.91. The molecule has 1 aromatic carbocycles. The predicted molar refractivity (Wildman–Crippen MR) is 104 cm³/mol. The average molecular weight is 367 g/mol. The Hall–Kier alpha value is -2.67. The molecule has 7 nitrogen and oxygen atoms in total. The summed E-state index contributed by atoms with van der Waals surface area (Å²) in [6.07, 6.45) is 5.59. The van der Waals surface area contributed by atoms with Crippen molar-refractivity contribution in [2.75, 3.05) is 49.2 Å². The summed E-state index contributed by atoms with van der Waals surface area (Å²) in [6.45, 7) is 5.73. The SMILES string of the molecule is O=C(NCc1cccc(N2CCOCC2)c1)c1cncc(N2CCCC2)n1. The van der Waals surface area contributed by atoms with E-state index >= 15 is 0 Å². The van der Waals surface area contributed by atoms with E-state index in [1.54, 1.807) is 6.20 Å². The number of ether oxygens (including phenoxy) is 1. The van der Waals surface area contributed by atoms with E-state index in [1.165, 1.54) is 11.9 Å². The molecule has 0 spiro atoms. The molecule has 0 radical (unpaired) electrons. The minimum absolute atomic E-state index is 0.194. The molecule has 27 heavy (non-hydrogen) atoms. The van der Waals surface area contributed by atoms with E-state index in [2.05, 4.69) is 37.2 Å². The number of hydrogen-bond donors (Lipinski definition) is 1. The van der Waals surface area contributed by atoms with Gasteiger partial charge in [0.25, 0.3) is 5.91 Å². The van der Waals surface area contributed by atoms with E-state index in [0.29, 0.717) is 12.2 Å². The van der Waals surface area contributed by atoms with Crippen molar-refractivity contribution in [2.45, 2.75) is 19.4 Å². The Kier molecular flexibility index (Phi) is 5.48. The highest BCUT2D eigenvalue weighted by molar-refractivity contribution is 5.92. The number of benzene rings is 1. The van der Waals surface area contributed by atoms with Gasteiger partial charge in [-0.15, -0.1) is 0 Å². The molecule has 0 unspecified atom stereocenters. The quantitative estimate of drug-likeness (QED) is 0.870. The summed E-state index contributed by atoms with van der Waals surface area (Å²) >= 11 is 0. The van der Waals surface area contributed by atoms with Crippen molar-refractivity contribution in [3.63, 3.8) is 0 Å². The summed E-state index contributed by atoms with van der Waals surface area (Å²) in [7, 11) is 0. The molecule has 0 saturated carbocycles. The summed E-state index contributed by atoms with van der Waals surface area (Å²) in [5.74, 6) is 0.592. The molecule has 0 aliphatic carbocycles. The molecule has 1 aromatic heterocycles. The maximum Gasteiger partial charge on any atom is 0.271 e. The van der Waals surface area contributed by atoms with Gasteiger partial charge in [-0.3, -0.25) is 9.78 Å². The molecule has 2 aromatic rings. The topological polar surface area (TPSA) is 70.6 Å². The van der Waals surface area contributed by atoms with Crippen LogP contribution >= 0.6 is 0 Å². The van der Waals surface area contributed by atoms with Crippen LogP contribution in [0.3, 0.4) is 0 Å². The van der Waals surface area contributed by atoms with Crippen LogP contribution in [-0.4, -0.2) is 55.3 Å². The lowest BCUT2D eigenvalue weighted by atomic mass is 10.1. The summed E-state index contributed by atoms with van der Waals surface area (Å²) < 4.78 is 5.41. The van der Waals surface area contributed by atoms with Gasteiger partial charge in [0.2, 0.25) is 0 Å². The first-order valence-electron chi connectivity index (χ1n) is 9.56. The van der Waals surface area contributed by atoms with Crippen molar-refractivity contribution in [2.24, 2.45) is 0 Å². The number of amides is 1. The molecular formula is C20H25N5O2. The minimum Gasteiger partial charge on any atom is -0.378 e. The number of morpholine rings is 1. The van der Waals surface area contributed by atoms with Crippen LogP contribution in [-0.2, 0) is 11.3 Å². The molecule has 0 bridgehead atoms. The van der Waals surface area contributed by atoms with Gasteiger partial charge < -0.3 is 19.9 Å². The van der Waals surface area contributed by atoms with Gasteiger partial charge in [-0.05, 0) is 30.5 Å². The molecule has 2 fully saturated rings. The molecular weight excluding hydrogens is 342 g/mol. The number of anilines is 2. The van der Waals surface area contributed by atoms with E-state index in [1.807, 2.05) is 12.1 Å². The van der Waals surface area contributed by atoms with Crippen LogP contribution in [0.5, 0.6) is 0 Å². The summed E-state index contributed by atoms with van der Waals surface area (Å²) in [4.78, 5) is 25.7. The third kappa shape index (κ3) is 4.36. The Balaban J connectivity index is 1.38. The molecule has 0 atom stereocenters. The zero-order chi connectivity index (χ0) is 18.5. The highest BCUT2D eigenvalue weighted by Gasteiger charge is 2.16. The summed E-state index contributed by atoms with van der Waals surface area (Å²) in [5, 5.41) is 2.96. The van der Waals surface area contributed by atoms with Gasteiger partial charge in [-0.1, -0.05) is 12.1 Å². The largest absolute Gasteiger partial charge is 0.378 e. The van der Waals surface area contributed by atoms with Gasteiger partial charge in [0.1, 0.15) is 11.5 Å². The van der Waals surface area contributed by atoms with Crippen LogP contribution in [0.15, 0.2) is 36.7 Å². The summed E-state index contributed by atoms with van der Waals surface area (Å²) in [5.41, 5.74) is 2.60.